The van der Waals surface area contributed by atoms with Gasteiger partial charge in [0.1, 0.15) is 0 Å². The highest BCUT2D eigenvalue weighted by molar-refractivity contribution is 7.80. The van der Waals surface area contributed by atoms with Gasteiger partial charge in [0, 0.05) is 25.2 Å². The van der Waals surface area contributed by atoms with E-state index in [2.05, 4.69) is 0 Å². The van der Waals surface area contributed by atoms with Crippen LogP contribution >= 0.6 is 12.2 Å². The predicted molar refractivity (Wildman–Crippen MR) is 74.3 cm³/mol. The summed E-state index contributed by atoms with van der Waals surface area (Å²) >= 11 is 4.99. The molecule has 0 radical (unpaired) electrons. The number of amides is 1. The summed E-state index contributed by atoms with van der Waals surface area (Å²) < 4.78 is 5.31. The molecule has 4 nitrogen and oxygen atoms in total. The Kier molecular flexibility index (Phi) is 4.95. The standard InChI is InChI=1S/C13H22N2O2S/c14-12(18)9-15(11-3-1-2-4-11)13(16)10-5-7-17-8-6-10/h10-11H,1-9H2,(H2,14,18). The third kappa shape index (κ3) is 3.42. The second-order valence-electron chi connectivity index (χ2n) is 5.26. The Labute approximate surface area is 114 Å². The van der Waals surface area contributed by atoms with Crippen LogP contribution in [0.4, 0.5) is 0 Å². The van der Waals surface area contributed by atoms with Crippen molar-refractivity contribution in [2.24, 2.45) is 11.7 Å². The fourth-order valence-corrected chi connectivity index (χ4v) is 3.09. The van der Waals surface area contributed by atoms with E-state index in [9.17, 15) is 4.79 Å². The SMILES string of the molecule is NC(=S)CN(C(=O)C1CCOCC1)C1CCCC1. The molecule has 0 aromatic rings. The Morgan fingerprint density at radius 1 is 1.22 bits per heavy atom. The van der Waals surface area contributed by atoms with Gasteiger partial charge in [0.25, 0.3) is 0 Å². The maximum absolute atomic E-state index is 12.6. The van der Waals surface area contributed by atoms with Crippen molar-refractivity contribution in [1.29, 1.82) is 0 Å². The van der Waals surface area contributed by atoms with Gasteiger partial charge in [-0.2, -0.15) is 0 Å². The van der Waals surface area contributed by atoms with Crippen LogP contribution < -0.4 is 5.73 Å². The molecule has 0 aromatic heterocycles. The quantitative estimate of drug-likeness (QED) is 0.786. The van der Waals surface area contributed by atoms with Crippen molar-refractivity contribution in [2.75, 3.05) is 19.8 Å². The molecule has 1 heterocycles. The van der Waals surface area contributed by atoms with E-state index in [0.717, 1.165) is 25.7 Å². The number of thiocarbonyl (C=S) groups is 1. The Bertz CT molecular complexity index is 310. The molecule has 1 aliphatic heterocycles. The van der Waals surface area contributed by atoms with E-state index in [4.69, 9.17) is 22.7 Å². The van der Waals surface area contributed by atoms with E-state index < -0.39 is 0 Å². The summed E-state index contributed by atoms with van der Waals surface area (Å²) in [5, 5.41) is 0. The minimum absolute atomic E-state index is 0.105. The van der Waals surface area contributed by atoms with Gasteiger partial charge in [-0.05, 0) is 25.7 Å². The summed E-state index contributed by atoms with van der Waals surface area (Å²) in [6.07, 6.45) is 6.27. The Balaban J connectivity index is 2.01. The summed E-state index contributed by atoms with van der Waals surface area (Å²) in [5.74, 6) is 0.340. The number of carbonyl (C=O) groups is 1. The molecule has 1 saturated carbocycles. The molecule has 2 rings (SSSR count). The number of nitrogens with two attached hydrogens (primary N) is 1. The van der Waals surface area contributed by atoms with Gasteiger partial charge >= 0.3 is 0 Å². The summed E-state index contributed by atoms with van der Waals surface area (Å²) in [7, 11) is 0. The van der Waals surface area contributed by atoms with E-state index in [1.165, 1.54) is 12.8 Å². The monoisotopic (exact) mass is 270 g/mol. The number of carbonyl (C=O) groups excluding carboxylic acids is 1. The average Bonchev–Trinajstić information content (AvgIpc) is 2.89. The van der Waals surface area contributed by atoms with Crippen LogP contribution in [-0.4, -0.2) is 41.6 Å². The van der Waals surface area contributed by atoms with Crippen LogP contribution in [0.2, 0.25) is 0 Å². The molecule has 5 heteroatoms. The smallest absolute Gasteiger partial charge is 0.226 e. The minimum atomic E-state index is 0.105. The van der Waals surface area contributed by atoms with Gasteiger partial charge < -0.3 is 15.4 Å². The molecule has 0 unspecified atom stereocenters. The lowest BCUT2D eigenvalue weighted by molar-refractivity contribution is -0.139. The maximum Gasteiger partial charge on any atom is 0.226 e. The van der Waals surface area contributed by atoms with Crippen molar-refractivity contribution in [3.8, 4) is 0 Å². The molecule has 2 fully saturated rings. The minimum Gasteiger partial charge on any atom is -0.392 e. The summed E-state index contributed by atoms with van der Waals surface area (Å²) in [4.78, 5) is 14.9. The number of ether oxygens (including phenoxy) is 1. The molecule has 0 spiro atoms. The fourth-order valence-electron chi connectivity index (χ4n) is 2.95. The van der Waals surface area contributed by atoms with E-state index >= 15 is 0 Å². The van der Waals surface area contributed by atoms with Crippen molar-refractivity contribution in [2.45, 2.75) is 44.6 Å². The second-order valence-corrected chi connectivity index (χ2v) is 5.78. The molecule has 0 atom stereocenters. The molecular formula is C13H22N2O2S. The van der Waals surface area contributed by atoms with E-state index in [1.54, 1.807) is 0 Å². The van der Waals surface area contributed by atoms with Crippen LogP contribution in [0.1, 0.15) is 38.5 Å². The van der Waals surface area contributed by atoms with Crippen molar-refractivity contribution in [3.05, 3.63) is 0 Å². The van der Waals surface area contributed by atoms with Gasteiger partial charge in [0.05, 0.1) is 11.5 Å². The lowest BCUT2D eigenvalue weighted by Crippen LogP contribution is -2.47. The van der Waals surface area contributed by atoms with Crippen molar-refractivity contribution in [1.82, 2.24) is 4.90 Å². The van der Waals surface area contributed by atoms with Crippen molar-refractivity contribution in [3.63, 3.8) is 0 Å². The van der Waals surface area contributed by atoms with E-state index in [-0.39, 0.29) is 11.8 Å². The van der Waals surface area contributed by atoms with Crippen LogP contribution in [0.15, 0.2) is 0 Å². The highest BCUT2D eigenvalue weighted by Gasteiger charge is 2.32. The van der Waals surface area contributed by atoms with Crippen LogP contribution in [0.25, 0.3) is 0 Å². The summed E-state index contributed by atoms with van der Waals surface area (Å²) in [5.41, 5.74) is 5.64. The third-order valence-corrected chi connectivity index (χ3v) is 4.07. The summed E-state index contributed by atoms with van der Waals surface area (Å²) in [6.45, 7) is 1.83. The molecule has 18 heavy (non-hydrogen) atoms. The molecule has 0 bridgehead atoms. The van der Waals surface area contributed by atoms with Crippen LogP contribution in [-0.2, 0) is 9.53 Å². The zero-order valence-electron chi connectivity index (χ0n) is 10.8. The number of hydrogen-bond acceptors (Lipinski definition) is 3. The zero-order chi connectivity index (χ0) is 13.0. The van der Waals surface area contributed by atoms with Crippen LogP contribution in [0, 0.1) is 5.92 Å². The third-order valence-electron chi connectivity index (χ3n) is 3.95. The van der Waals surface area contributed by atoms with E-state index in [1.807, 2.05) is 4.90 Å². The molecule has 2 aliphatic rings. The lowest BCUT2D eigenvalue weighted by Gasteiger charge is -2.33. The first kappa shape index (κ1) is 13.7. The fraction of sp³-hybridized carbons (Fsp3) is 0.846. The van der Waals surface area contributed by atoms with Gasteiger partial charge in [0.15, 0.2) is 0 Å². The largest absolute Gasteiger partial charge is 0.392 e. The second kappa shape index (κ2) is 6.48. The topological polar surface area (TPSA) is 55.6 Å². The number of nitrogens with zero attached hydrogens (tertiary/aromatic N) is 1. The first-order valence-corrected chi connectivity index (χ1v) is 7.26. The van der Waals surface area contributed by atoms with Gasteiger partial charge in [-0.1, -0.05) is 25.1 Å². The molecule has 1 saturated heterocycles. The normalized spacial score (nSPS) is 22.0. The highest BCUT2D eigenvalue weighted by atomic mass is 32.1. The number of hydrogen-bond donors (Lipinski definition) is 1. The molecule has 2 N–H and O–H groups in total. The van der Waals surface area contributed by atoms with Crippen molar-refractivity contribution >= 4 is 23.1 Å². The van der Waals surface area contributed by atoms with Gasteiger partial charge in [-0.15, -0.1) is 0 Å². The average molecular weight is 270 g/mol. The Hall–Kier alpha value is -0.680. The molecule has 0 aromatic carbocycles. The van der Waals surface area contributed by atoms with E-state index in [0.29, 0.717) is 30.8 Å². The molecular weight excluding hydrogens is 248 g/mol. The van der Waals surface area contributed by atoms with Crippen molar-refractivity contribution < 1.29 is 9.53 Å². The Morgan fingerprint density at radius 3 is 2.39 bits per heavy atom. The molecule has 102 valence electrons. The zero-order valence-corrected chi connectivity index (χ0v) is 11.6. The van der Waals surface area contributed by atoms with Gasteiger partial charge in [-0.3, -0.25) is 4.79 Å². The highest BCUT2D eigenvalue weighted by Crippen LogP contribution is 2.27. The first-order chi connectivity index (χ1) is 8.68. The summed E-state index contributed by atoms with van der Waals surface area (Å²) in [6, 6.07) is 0.349. The van der Waals surface area contributed by atoms with Crippen LogP contribution in [0.3, 0.4) is 0 Å². The molecule has 1 amide bonds. The maximum atomic E-state index is 12.6. The Morgan fingerprint density at radius 2 is 1.83 bits per heavy atom. The van der Waals surface area contributed by atoms with Gasteiger partial charge in [0.2, 0.25) is 5.91 Å². The van der Waals surface area contributed by atoms with Crippen LogP contribution in [0.5, 0.6) is 0 Å². The van der Waals surface area contributed by atoms with Gasteiger partial charge in [-0.25, -0.2) is 0 Å². The number of rotatable bonds is 4. The first-order valence-electron chi connectivity index (χ1n) is 6.85. The molecule has 1 aliphatic carbocycles. The predicted octanol–water partition coefficient (Wildman–Crippen LogP) is 1.47. The lowest BCUT2D eigenvalue weighted by atomic mass is 9.97.